The molecule has 1 fully saturated rings. The van der Waals surface area contributed by atoms with Crippen molar-refractivity contribution >= 4 is 0 Å². The summed E-state index contributed by atoms with van der Waals surface area (Å²) in [6.45, 7) is 0.294. The fourth-order valence-corrected chi connectivity index (χ4v) is 1.54. The number of nitrogens with two attached hydrogens (primary N) is 1. The molecule has 0 radical (unpaired) electrons. The lowest BCUT2D eigenvalue weighted by atomic mass is 10.0. The summed E-state index contributed by atoms with van der Waals surface area (Å²) in [5.41, 5.74) is 7.68. The third kappa shape index (κ3) is 1.90. The minimum atomic E-state index is -0.506. The second-order valence-corrected chi connectivity index (χ2v) is 3.69. The molecule has 0 heterocycles. The summed E-state index contributed by atoms with van der Waals surface area (Å²) >= 11 is 0. The van der Waals surface area contributed by atoms with E-state index in [1.54, 1.807) is 0 Å². The highest BCUT2D eigenvalue weighted by Gasteiger charge is 2.23. The molecule has 0 bridgehead atoms. The number of benzene rings is 1. The van der Waals surface area contributed by atoms with Crippen molar-refractivity contribution in [3.05, 3.63) is 35.4 Å². The Morgan fingerprint density at radius 3 is 2.38 bits per heavy atom. The predicted molar refractivity (Wildman–Crippen MR) is 52.4 cm³/mol. The van der Waals surface area contributed by atoms with Crippen LogP contribution in [0.25, 0.3) is 0 Å². The third-order valence-electron chi connectivity index (χ3n) is 2.59. The second kappa shape index (κ2) is 3.48. The zero-order valence-corrected chi connectivity index (χ0v) is 7.61. The Labute approximate surface area is 78.4 Å². The molecule has 0 aromatic heterocycles. The van der Waals surface area contributed by atoms with Crippen molar-refractivity contribution < 1.29 is 5.11 Å². The summed E-state index contributed by atoms with van der Waals surface area (Å²) in [6.07, 6.45) is 2.13. The summed E-state index contributed by atoms with van der Waals surface area (Å²) < 4.78 is 0. The van der Waals surface area contributed by atoms with E-state index in [0.717, 1.165) is 11.5 Å². The number of hydrogen-bond acceptors (Lipinski definition) is 2. The summed E-state index contributed by atoms with van der Waals surface area (Å²) in [4.78, 5) is 0. The molecule has 0 saturated heterocycles. The molecule has 1 aromatic rings. The molecule has 1 aromatic carbocycles. The SMILES string of the molecule is NCC(O)c1ccc(C2CC2)cc1. The van der Waals surface area contributed by atoms with Gasteiger partial charge >= 0.3 is 0 Å². The minimum Gasteiger partial charge on any atom is -0.387 e. The Morgan fingerprint density at radius 2 is 1.92 bits per heavy atom. The van der Waals surface area contributed by atoms with E-state index >= 15 is 0 Å². The van der Waals surface area contributed by atoms with Crippen molar-refractivity contribution in [1.29, 1.82) is 0 Å². The highest BCUT2D eigenvalue weighted by atomic mass is 16.3. The van der Waals surface area contributed by atoms with Gasteiger partial charge < -0.3 is 10.8 Å². The van der Waals surface area contributed by atoms with E-state index in [1.165, 1.54) is 18.4 Å². The minimum absolute atomic E-state index is 0.294. The van der Waals surface area contributed by atoms with Crippen LogP contribution in [-0.2, 0) is 0 Å². The predicted octanol–water partition coefficient (Wildman–Crippen LogP) is 1.56. The molecule has 0 amide bonds. The number of aliphatic hydroxyl groups excluding tert-OH is 1. The van der Waals surface area contributed by atoms with E-state index in [4.69, 9.17) is 5.73 Å². The molecule has 70 valence electrons. The van der Waals surface area contributed by atoms with Gasteiger partial charge in [-0.15, -0.1) is 0 Å². The first-order valence-electron chi connectivity index (χ1n) is 4.79. The van der Waals surface area contributed by atoms with Crippen LogP contribution in [0.2, 0.25) is 0 Å². The van der Waals surface area contributed by atoms with Gasteiger partial charge in [-0.1, -0.05) is 24.3 Å². The lowest BCUT2D eigenvalue weighted by molar-refractivity contribution is 0.186. The zero-order chi connectivity index (χ0) is 9.26. The molecule has 1 atom stereocenters. The van der Waals surface area contributed by atoms with Crippen molar-refractivity contribution in [1.82, 2.24) is 0 Å². The van der Waals surface area contributed by atoms with Crippen molar-refractivity contribution in [3.8, 4) is 0 Å². The summed E-state index contributed by atoms with van der Waals surface area (Å²) in [6, 6.07) is 8.16. The van der Waals surface area contributed by atoms with Crippen LogP contribution in [0, 0.1) is 0 Å². The fraction of sp³-hybridized carbons (Fsp3) is 0.455. The van der Waals surface area contributed by atoms with Crippen molar-refractivity contribution in [2.45, 2.75) is 24.9 Å². The highest BCUT2D eigenvalue weighted by Crippen LogP contribution is 2.40. The Kier molecular flexibility index (Phi) is 2.34. The first kappa shape index (κ1) is 8.73. The highest BCUT2D eigenvalue weighted by molar-refractivity contribution is 5.29. The molecule has 1 aliphatic rings. The standard InChI is InChI=1S/C11H15NO/c12-7-11(13)10-5-3-9(4-6-10)8-1-2-8/h3-6,8,11,13H,1-2,7,12H2. The second-order valence-electron chi connectivity index (χ2n) is 3.69. The molecule has 1 aliphatic carbocycles. The van der Waals surface area contributed by atoms with Crippen LogP contribution in [0.3, 0.4) is 0 Å². The summed E-state index contributed by atoms with van der Waals surface area (Å²) in [5.74, 6) is 0.782. The van der Waals surface area contributed by atoms with Crippen molar-refractivity contribution in [3.63, 3.8) is 0 Å². The maximum atomic E-state index is 9.45. The molecule has 0 aliphatic heterocycles. The zero-order valence-electron chi connectivity index (χ0n) is 7.61. The van der Waals surface area contributed by atoms with Gasteiger partial charge in [-0.25, -0.2) is 0 Å². The van der Waals surface area contributed by atoms with Crippen LogP contribution in [0.5, 0.6) is 0 Å². The van der Waals surface area contributed by atoms with Crippen molar-refractivity contribution in [2.24, 2.45) is 5.73 Å². The topological polar surface area (TPSA) is 46.2 Å². The Hall–Kier alpha value is -0.860. The van der Waals surface area contributed by atoms with E-state index in [-0.39, 0.29) is 0 Å². The van der Waals surface area contributed by atoms with E-state index < -0.39 is 6.10 Å². The maximum Gasteiger partial charge on any atom is 0.0912 e. The fourth-order valence-electron chi connectivity index (χ4n) is 1.54. The number of hydrogen-bond donors (Lipinski definition) is 2. The molecule has 2 rings (SSSR count). The van der Waals surface area contributed by atoms with E-state index in [0.29, 0.717) is 6.54 Å². The quantitative estimate of drug-likeness (QED) is 0.736. The van der Waals surface area contributed by atoms with Gasteiger partial charge in [-0.3, -0.25) is 0 Å². The Morgan fingerprint density at radius 1 is 1.31 bits per heavy atom. The normalized spacial score (nSPS) is 18.6. The lowest BCUT2D eigenvalue weighted by Gasteiger charge is -2.08. The molecule has 3 N–H and O–H groups in total. The smallest absolute Gasteiger partial charge is 0.0912 e. The number of aliphatic hydroxyl groups is 1. The molecule has 2 heteroatoms. The number of rotatable bonds is 3. The molecular formula is C11H15NO. The van der Waals surface area contributed by atoms with Crippen LogP contribution >= 0.6 is 0 Å². The van der Waals surface area contributed by atoms with Gasteiger partial charge in [0.25, 0.3) is 0 Å². The van der Waals surface area contributed by atoms with E-state index in [1.807, 2.05) is 12.1 Å². The lowest BCUT2D eigenvalue weighted by Crippen LogP contribution is -2.11. The van der Waals surface area contributed by atoms with Crippen LogP contribution in [0.1, 0.15) is 36.0 Å². The Bertz CT molecular complexity index is 277. The molecule has 2 nitrogen and oxygen atoms in total. The van der Waals surface area contributed by atoms with Crippen LogP contribution in [0.15, 0.2) is 24.3 Å². The first-order chi connectivity index (χ1) is 6.31. The Balaban J connectivity index is 2.12. The van der Waals surface area contributed by atoms with Gasteiger partial charge in [-0.05, 0) is 29.9 Å². The van der Waals surface area contributed by atoms with Gasteiger partial charge in [0.2, 0.25) is 0 Å². The molecule has 1 saturated carbocycles. The van der Waals surface area contributed by atoms with Crippen LogP contribution in [-0.4, -0.2) is 11.7 Å². The average molecular weight is 177 g/mol. The largest absolute Gasteiger partial charge is 0.387 e. The first-order valence-corrected chi connectivity index (χ1v) is 4.79. The maximum absolute atomic E-state index is 9.45. The van der Waals surface area contributed by atoms with Gasteiger partial charge in [0.15, 0.2) is 0 Å². The van der Waals surface area contributed by atoms with Crippen LogP contribution in [0.4, 0.5) is 0 Å². The third-order valence-corrected chi connectivity index (χ3v) is 2.59. The molecule has 0 spiro atoms. The monoisotopic (exact) mass is 177 g/mol. The van der Waals surface area contributed by atoms with Gasteiger partial charge in [0.05, 0.1) is 6.10 Å². The molecule has 13 heavy (non-hydrogen) atoms. The van der Waals surface area contributed by atoms with Gasteiger partial charge in [0, 0.05) is 6.54 Å². The average Bonchev–Trinajstić information content (AvgIpc) is 3.00. The molecule has 1 unspecified atom stereocenters. The molecular weight excluding hydrogens is 162 g/mol. The van der Waals surface area contributed by atoms with Crippen molar-refractivity contribution in [2.75, 3.05) is 6.54 Å². The van der Waals surface area contributed by atoms with Gasteiger partial charge in [0.1, 0.15) is 0 Å². The van der Waals surface area contributed by atoms with E-state index in [9.17, 15) is 5.11 Å². The van der Waals surface area contributed by atoms with Gasteiger partial charge in [-0.2, -0.15) is 0 Å². The van der Waals surface area contributed by atoms with Crippen LogP contribution < -0.4 is 5.73 Å². The summed E-state index contributed by atoms with van der Waals surface area (Å²) in [7, 11) is 0. The summed E-state index contributed by atoms with van der Waals surface area (Å²) in [5, 5.41) is 9.45. The van der Waals surface area contributed by atoms with E-state index in [2.05, 4.69) is 12.1 Å².